The minimum atomic E-state index is -0.390. The van der Waals surface area contributed by atoms with Gasteiger partial charge in [0.1, 0.15) is 6.10 Å². The van der Waals surface area contributed by atoms with Crippen molar-refractivity contribution in [2.45, 2.75) is 65.1 Å². The SMILES string of the molecule is CC(C)OC(C)C(=O)N1CCC2(CCC(=O)N(CCc3ccncc3)C2)CC1. The van der Waals surface area contributed by atoms with Crippen LogP contribution in [0.3, 0.4) is 0 Å². The van der Waals surface area contributed by atoms with Gasteiger partial charge in [0.2, 0.25) is 5.91 Å². The summed E-state index contributed by atoms with van der Waals surface area (Å²) >= 11 is 0. The van der Waals surface area contributed by atoms with Gasteiger partial charge < -0.3 is 14.5 Å². The van der Waals surface area contributed by atoms with E-state index in [0.29, 0.717) is 6.42 Å². The van der Waals surface area contributed by atoms with Crippen molar-refractivity contribution < 1.29 is 14.3 Å². The van der Waals surface area contributed by atoms with Crippen LogP contribution in [-0.4, -0.2) is 65.0 Å². The van der Waals surface area contributed by atoms with Crippen LogP contribution in [0.4, 0.5) is 0 Å². The number of rotatable bonds is 6. The molecule has 3 heterocycles. The number of likely N-dealkylation sites (tertiary alicyclic amines) is 2. The minimum absolute atomic E-state index is 0.0494. The number of carbonyl (C=O) groups excluding carboxylic acids is 2. The summed E-state index contributed by atoms with van der Waals surface area (Å²) in [5.74, 6) is 0.349. The first-order valence-electron chi connectivity index (χ1n) is 10.5. The predicted octanol–water partition coefficient (Wildman–Crippen LogP) is 2.67. The van der Waals surface area contributed by atoms with Crippen molar-refractivity contribution in [3.05, 3.63) is 30.1 Å². The summed E-state index contributed by atoms with van der Waals surface area (Å²) in [5.41, 5.74) is 1.37. The zero-order valence-electron chi connectivity index (χ0n) is 17.4. The first-order chi connectivity index (χ1) is 13.4. The molecule has 2 aliphatic heterocycles. The summed E-state index contributed by atoms with van der Waals surface area (Å²) in [4.78, 5) is 33.1. The number of nitrogens with zero attached hydrogens (tertiary/aromatic N) is 3. The van der Waals surface area contributed by atoms with E-state index in [0.717, 1.165) is 51.9 Å². The molecule has 6 nitrogen and oxygen atoms in total. The molecule has 0 radical (unpaired) electrons. The summed E-state index contributed by atoms with van der Waals surface area (Å²) in [6.45, 7) is 8.84. The lowest BCUT2D eigenvalue weighted by molar-refractivity contribution is -0.150. The molecule has 2 saturated heterocycles. The van der Waals surface area contributed by atoms with Crippen LogP contribution in [0.5, 0.6) is 0 Å². The maximum absolute atomic E-state index is 12.6. The van der Waals surface area contributed by atoms with Crippen LogP contribution >= 0.6 is 0 Å². The van der Waals surface area contributed by atoms with E-state index < -0.39 is 0 Å². The largest absolute Gasteiger partial charge is 0.366 e. The number of amides is 2. The fourth-order valence-corrected chi connectivity index (χ4v) is 4.45. The number of ether oxygens (including phenoxy) is 1. The van der Waals surface area contributed by atoms with Crippen molar-refractivity contribution >= 4 is 11.8 Å². The molecule has 1 unspecified atom stereocenters. The smallest absolute Gasteiger partial charge is 0.251 e. The Bertz CT molecular complexity index is 669. The van der Waals surface area contributed by atoms with Crippen LogP contribution in [0, 0.1) is 5.41 Å². The number of aromatic nitrogens is 1. The van der Waals surface area contributed by atoms with E-state index in [4.69, 9.17) is 4.74 Å². The zero-order chi connectivity index (χ0) is 20.1. The normalized spacial score (nSPS) is 20.6. The van der Waals surface area contributed by atoms with E-state index in [1.54, 1.807) is 12.4 Å². The van der Waals surface area contributed by atoms with Crippen molar-refractivity contribution in [3.63, 3.8) is 0 Å². The van der Waals surface area contributed by atoms with Crippen LogP contribution in [-0.2, 0) is 20.7 Å². The van der Waals surface area contributed by atoms with Gasteiger partial charge in [-0.2, -0.15) is 0 Å². The Hall–Kier alpha value is -1.95. The molecule has 3 rings (SSSR count). The quantitative estimate of drug-likeness (QED) is 0.753. The van der Waals surface area contributed by atoms with Gasteiger partial charge in [0.05, 0.1) is 6.10 Å². The molecule has 0 bridgehead atoms. The Kier molecular flexibility index (Phi) is 6.70. The van der Waals surface area contributed by atoms with Gasteiger partial charge in [-0.15, -0.1) is 0 Å². The van der Waals surface area contributed by atoms with E-state index in [1.165, 1.54) is 5.56 Å². The monoisotopic (exact) mass is 387 g/mol. The summed E-state index contributed by atoms with van der Waals surface area (Å²) in [7, 11) is 0. The lowest BCUT2D eigenvalue weighted by Crippen LogP contribution is -2.53. The Morgan fingerprint density at radius 3 is 2.50 bits per heavy atom. The van der Waals surface area contributed by atoms with Crippen molar-refractivity contribution in [1.29, 1.82) is 0 Å². The Labute approximate surface area is 168 Å². The van der Waals surface area contributed by atoms with Crippen LogP contribution in [0.25, 0.3) is 0 Å². The van der Waals surface area contributed by atoms with Gasteiger partial charge in [0.15, 0.2) is 0 Å². The van der Waals surface area contributed by atoms with Gasteiger partial charge in [0, 0.05) is 45.0 Å². The van der Waals surface area contributed by atoms with Crippen molar-refractivity contribution in [1.82, 2.24) is 14.8 Å². The second kappa shape index (κ2) is 9.03. The third-order valence-electron chi connectivity index (χ3n) is 6.13. The molecular formula is C22H33N3O3. The van der Waals surface area contributed by atoms with Crippen LogP contribution in [0.15, 0.2) is 24.5 Å². The fourth-order valence-electron chi connectivity index (χ4n) is 4.45. The highest BCUT2D eigenvalue weighted by Gasteiger charge is 2.42. The fraction of sp³-hybridized carbons (Fsp3) is 0.682. The van der Waals surface area contributed by atoms with Crippen LogP contribution in [0.1, 0.15) is 52.0 Å². The molecule has 6 heteroatoms. The molecule has 28 heavy (non-hydrogen) atoms. The lowest BCUT2D eigenvalue weighted by atomic mass is 9.72. The van der Waals surface area contributed by atoms with Crippen LogP contribution < -0.4 is 0 Å². The Morgan fingerprint density at radius 1 is 1.18 bits per heavy atom. The second-order valence-corrected chi connectivity index (χ2v) is 8.57. The summed E-state index contributed by atoms with van der Waals surface area (Å²) in [5, 5.41) is 0. The first-order valence-corrected chi connectivity index (χ1v) is 10.5. The van der Waals surface area contributed by atoms with Gasteiger partial charge in [-0.05, 0) is 69.6 Å². The lowest BCUT2D eigenvalue weighted by Gasteiger charge is -2.47. The second-order valence-electron chi connectivity index (χ2n) is 8.57. The molecular weight excluding hydrogens is 354 g/mol. The number of pyridine rings is 1. The maximum Gasteiger partial charge on any atom is 0.251 e. The standard InChI is InChI=1S/C22H33N3O3/c1-17(2)28-18(3)21(27)24-14-9-22(10-15-24)8-4-20(26)25(16-22)13-7-19-5-11-23-12-6-19/h5-6,11-12,17-18H,4,7-10,13-16H2,1-3H3. The van der Waals surface area contributed by atoms with E-state index in [2.05, 4.69) is 4.98 Å². The number of hydrogen-bond donors (Lipinski definition) is 0. The Balaban J connectivity index is 1.54. The van der Waals surface area contributed by atoms with E-state index in [1.807, 2.05) is 42.7 Å². The van der Waals surface area contributed by atoms with Gasteiger partial charge in [-0.1, -0.05) is 0 Å². The molecule has 2 fully saturated rings. The average molecular weight is 388 g/mol. The summed E-state index contributed by atoms with van der Waals surface area (Å²) in [6.07, 6.45) is 7.61. The highest BCUT2D eigenvalue weighted by atomic mass is 16.5. The Morgan fingerprint density at radius 2 is 1.86 bits per heavy atom. The molecule has 1 aromatic rings. The van der Waals surface area contributed by atoms with E-state index in [9.17, 15) is 9.59 Å². The van der Waals surface area contributed by atoms with Crippen molar-refractivity contribution in [3.8, 4) is 0 Å². The first kappa shape index (κ1) is 20.8. The highest BCUT2D eigenvalue weighted by molar-refractivity contribution is 5.80. The highest BCUT2D eigenvalue weighted by Crippen LogP contribution is 2.40. The molecule has 0 saturated carbocycles. The average Bonchev–Trinajstić information content (AvgIpc) is 2.69. The van der Waals surface area contributed by atoms with Gasteiger partial charge in [0.25, 0.3) is 5.91 Å². The molecule has 0 N–H and O–H groups in total. The third-order valence-corrected chi connectivity index (χ3v) is 6.13. The summed E-state index contributed by atoms with van der Waals surface area (Å²) in [6, 6.07) is 4.02. The maximum atomic E-state index is 12.6. The predicted molar refractivity (Wildman–Crippen MR) is 108 cm³/mol. The van der Waals surface area contributed by atoms with Gasteiger partial charge >= 0.3 is 0 Å². The molecule has 1 atom stereocenters. The molecule has 0 aliphatic carbocycles. The van der Waals surface area contributed by atoms with Gasteiger partial charge in [-0.3, -0.25) is 14.6 Å². The molecule has 154 valence electrons. The molecule has 2 aliphatic rings. The van der Waals surface area contributed by atoms with Crippen molar-refractivity contribution in [2.24, 2.45) is 5.41 Å². The van der Waals surface area contributed by atoms with E-state index in [-0.39, 0.29) is 29.4 Å². The van der Waals surface area contributed by atoms with Gasteiger partial charge in [-0.25, -0.2) is 0 Å². The number of hydrogen-bond acceptors (Lipinski definition) is 4. The number of carbonyl (C=O) groups is 2. The molecule has 1 spiro atoms. The zero-order valence-corrected chi connectivity index (χ0v) is 17.4. The topological polar surface area (TPSA) is 62.7 Å². The van der Waals surface area contributed by atoms with E-state index >= 15 is 0 Å². The van der Waals surface area contributed by atoms with Crippen LogP contribution in [0.2, 0.25) is 0 Å². The van der Waals surface area contributed by atoms with Crippen molar-refractivity contribution in [2.75, 3.05) is 26.2 Å². The third kappa shape index (κ3) is 5.10. The molecule has 2 amide bonds. The number of piperidine rings is 2. The summed E-state index contributed by atoms with van der Waals surface area (Å²) < 4.78 is 5.66. The molecule has 0 aromatic carbocycles. The minimum Gasteiger partial charge on any atom is -0.366 e. The molecule has 1 aromatic heterocycles.